The fourth-order valence-electron chi connectivity index (χ4n) is 4.84. The van der Waals surface area contributed by atoms with Crippen LogP contribution in [0.5, 0.6) is 52.0 Å². The van der Waals surface area contributed by atoms with Gasteiger partial charge in [-0.2, -0.15) is 13.8 Å². The molecule has 1 aliphatic heterocycles. The van der Waals surface area contributed by atoms with Gasteiger partial charge < -0.3 is 44.2 Å². The molecule has 1 aliphatic rings. The average molecular weight is 690 g/mol. The van der Waals surface area contributed by atoms with E-state index >= 15 is 8.78 Å². The normalized spacial score (nSPS) is 12.4. The maximum atomic E-state index is 16.4. The first kappa shape index (κ1) is 34.9. The molecule has 1 aromatic heterocycles. The van der Waals surface area contributed by atoms with Gasteiger partial charge in [0.2, 0.25) is 23.1 Å². The number of likely N-dealkylation sites (N-methyl/N-ethyl adjacent to an activating group) is 1. The number of aromatic hydroxyl groups is 1. The van der Waals surface area contributed by atoms with Crippen molar-refractivity contribution in [2.45, 2.75) is 6.92 Å². The molecule has 15 heteroatoms. The van der Waals surface area contributed by atoms with E-state index in [0.29, 0.717) is 17.9 Å². The number of halogens is 2. The lowest BCUT2D eigenvalue weighted by Crippen LogP contribution is -2.23. The van der Waals surface area contributed by atoms with Crippen molar-refractivity contribution in [3.63, 3.8) is 0 Å². The number of nitrogens with two attached hydrogens (primary N) is 1. The van der Waals surface area contributed by atoms with Crippen molar-refractivity contribution in [3.8, 4) is 52.0 Å². The lowest BCUT2D eigenvalue weighted by atomic mass is 10.1. The summed E-state index contributed by atoms with van der Waals surface area (Å²) in [6.45, 7) is 3.14. The molecule has 0 atom stereocenters. The Labute approximate surface area is 285 Å². The van der Waals surface area contributed by atoms with Gasteiger partial charge in [-0.3, -0.25) is 10.4 Å². The topological polar surface area (TPSA) is 171 Å². The van der Waals surface area contributed by atoms with Crippen LogP contribution in [0.15, 0.2) is 65.7 Å². The first-order valence-corrected chi connectivity index (χ1v) is 15.1. The molecule has 4 aromatic rings. The van der Waals surface area contributed by atoms with E-state index in [1.807, 2.05) is 11.9 Å². The van der Waals surface area contributed by atoms with E-state index in [9.17, 15) is 9.90 Å². The molecule has 260 valence electrons. The number of hydrogen-bond acceptors (Lipinski definition) is 12. The van der Waals surface area contributed by atoms with Gasteiger partial charge in [0.15, 0.2) is 23.0 Å². The summed E-state index contributed by atoms with van der Waals surface area (Å²) in [4.78, 5) is 22.4. The van der Waals surface area contributed by atoms with Crippen LogP contribution in [-0.2, 0) is 9.53 Å². The summed E-state index contributed by atoms with van der Waals surface area (Å²) in [6, 6.07) is 13.3. The van der Waals surface area contributed by atoms with Gasteiger partial charge >= 0.3 is 5.97 Å². The second kappa shape index (κ2) is 15.2. The lowest BCUT2D eigenvalue weighted by molar-refractivity contribution is -0.137. The fraction of sp³-hybridized carbons (Fsp3) is 0.200. The van der Waals surface area contributed by atoms with Crippen LogP contribution in [0.2, 0.25) is 0 Å². The highest BCUT2D eigenvalue weighted by Crippen LogP contribution is 2.47. The van der Waals surface area contributed by atoms with Crippen molar-refractivity contribution in [2.75, 3.05) is 41.0 Å². The summed E-state index contributed by atoms with van der Waals surface area (Å²) in [5, 5.41) is 18.2. The number of pyridine rings is 1. The first-order chi connectivity index (χ1) is 24.0. The molecule has 0 spiro atoms. The number of amidine groups is 2. The minimum absolute atomic E-state index is 0.0108. The number of esters is 1. The van der Waals surface area contributed by atoms with E-state index in [0.717, 1.165) is 12.6 Å². The standard InChI is InChI=1S/C35H33F2N5O8/c1-5-47-26(44)14-11-19-10-13-24(45-3)30(29(19)46-4)50-31-27(36)34(48-22-8-6-7-21(17-22)33-40-15-16-42(33)2)41-35(28(31)37)49-25-18-20(32(38)39)9-12-23(25)43/h6-14,17-18,43H,5,15-16H2,1-4H3,(H3,38,39)/b14-11+. The van der Waals surface area contributed by atoms with Crippen molar-refractivity contribution in [2.24, 2.45) is 10.7 Å². The van der Waals surface area contributed by atoms with E-state index in [1.165, 1.54) is 56.7 Å². The molecule has 0 saturated heterocycles. The number of methoxy groups -OCH3 is 2. The lowest BCUT2D eigenvalue weighted by Gasteiger charge is -2.19. The van der Waals surface area contributed by atoms with Gasteiger partial charge in [-0.05, 0) is 55.5 Å². The highest BCUT2D eigenvalue weighted by Gasteiger charge is 2.29. The third-order valence-corrected chi connectivity index (χ3v) is 7.24. The molecule has 0 fully saturated rings. The number of aromatic nitrogens is 1. The van der Waals surface area contributed by atoms with Crippen LogP contribution in [0.1, 0.15) is 23.6 Å². The third-order valence-electron chi connectivity index (χ3n) is 7.24. The molecule has 4 N–H and O–H groups in total. The highest BCUT2D eigenvalue weighted by molar-refractivity contribution is 6.00. The quantitative estimate of drug-likeness (QED) is 0.0650. The van der Waals surface area contributed by atoms with Crippen molar-refractivity contribution in [1.82, 2.24) is 9.88 Å². The zero-order valence-electron chi connectivity index (χ0n) is 27.5. The largest absolute Gasteiger partial charge is 0.504 e. The van der Waals surface area contributed by atoms with Gasteiger partial charge in [-0.25, -0.2) is 4.79 Å². The number of ether oxygens (including phenoxy) is 6. The van der Waals surface area contributed by atoms with Crippen LogP contribution >= 0.6 is 0 Å². The number of nitrogens with zero attached hydrogens (tertiary/aromatic N) is 3. The summed E-state index contributed by atoms with van der Waals surface area (Å²) in [5.74, 6) is -6.73. The van der Waals surface area contributed by atoms with Crippen LogP contribution in [0.4, 0.5) is 8.78 Å². The number of phenolic OH excluding ortho intramolecular Hbond substituents is 1. The summed E-state index contributed by atoms with van der Waals surface area (Å²) in [5.41, 5.74) is 6.69. The summed E-state index contributed by atoms with van der Waals surface area (Å²) >= 11 is 0. The smallest absolute Gasteiger partial charge is 0.330 e. The molecule has 2 heterocycles. The van der Waals surface area contributed by atoms with Crippen molar-refractivity contribution in [1.29, 1.82) is 5.41 Å². The molecule has 0 radical (unpaired) electrons. The molecule has 0 bridgehead atoms. The molecule has 13 nitrogen and oxygen atoms in total. The van der Waals surface area contributed by atoms with E-state index in [1.54, 1.807) is 25.1 Å². The number of phenols is 1. The molecule has 50 heavy (non-hydrogen) atoms. The molecule has 0 unspecified atom stereocenters. The average Bonchev–Trinajstić information content (AvgIpc) is 3.54. The fourth-order valence-corrected chi connectivity index (χ4v) is 4.84. The monoisotopic (exact) mass is 689 g/mol. The van der Waals surface area contributed by atoms with Gasteiger partial charge in [-0.1, -0.05) is 12.1 Å². The van der Waals surface area contributed by atoms with Crippen LogP contribution in [0, 0.1) is 17.0 Å². The van der Waals surface area contributed by atoms with Crippen LogP contribution in [-0.4, -0.2) is 73.6 Å². The number of benzene rings is 3. The van der Waals surface area contributed by atoms with E-state index in [4.69, 9.17) is 39.6 Å². The van der Waals surface area contributed by atoms with Crippen molar-refractivity contribution in [3.05, 3.63) is 89.0 Å². The van der Waals surface area contributed by atoms with E-state index in [-0.39, 0.29) is 52.3 Å². The van der Waals surface area contributed by atoms with Gasteiger partial charge in [0.05, 0.1) is 27.4 Å². The molecule has 0 saturated carbocycles. The SMILES string of the molecule is CCOC(=O)/C=C/c1ccc(OC)c(Oc2c(F)c(Oc3cccc(C4=NCCN4C)c3)nc(Oc3cc(C(=N)N)ccc3O)c2F)c1OC. The van der Waals surface area contributed by atoms with E-state index < -0.39 is 40.9 Å². The molecule has 5 rings (SSSR count). The number of nitrogens with one attached hydrogen (secondary N) is 1. The summed E-state index contributed by atoms with van der Waals surface area (Å²) in [7, 11) is 4.48. The maximum Gasteiger partial charge on any atom is 0.330 e. The Bertz CT molecular complexity index is 2000. The molecular formula is C35H33F2N5O8. The van der Waals surface area contributed by atoms with Gasteiger partial charge in [0.25, 0.3) is 11.8 Å². The van der Waals surface area contributed by atoms with Crippen LogP contribution in [0.3, 0.4) is 0 Å². The summed E-state index contributed by atoms with van der Waals surface area (Å²) in [6.07, 6.45) is 2.52. The highest BCUT2D eigenvalue weighted by atomic mass is 19.1. The number of hydrogen-bond donors (Lipinski definition) is 3. The Hall–Kier alpha value is -6.38. The molecule has 0 aliphatic carbocycles. The molecule has 0 amide bonds. The number of nitrogen functional groups attached to an aromatic ring is 1. The Balaban J connectivity index is 1.64. The molecule has 3 aromatic carbocycles. The maximum absolute atomic E-state index is 16.4. The van der Waals surface area contributed by atoms with Crippen LogP contribution < -0.4 is 29.4 Å². The van der Waals surface area contributed by atoms with E-state index in [2.05, 4.69) is 9.98 Å². The first-order valence-electron chi connectivity index (χ1n) is 15.1. The van der Waals surface area contributed by atoms with Gasteiger partial charge in [-0.15, -0.1) is 0 Å². The predicted octanol–water partition coefficient (Wildman–Crippen LogP) is 6.01. The van der Waals surface area contributed by atoms with Crippen molar-refractivity contribution >= 4 is 23.7 Å². The Morgan fingerprint density at radius 1 is 0.980 bits per heavy atom. The number of aliphatic imine (C=N–C) groups is 1. The van der Waals surface area contributed by atoms with Crippen molar-refractivity contribution < 1.29 is 47.1 Å². The Morgan fingerprint density at radius 2 is 1.74 bits per heavy atom. The summed E-state index contributed by atoms with van der Waals surface area (Å²) < 4.78 is 65.8. The zero-order chi connectivity index (χ0) is 35.9. The number of rotatable bonds is 13. The Morgan fingerprint density at radius 3 is 2.40 bits per heavy atom. The second-order valence-corrected chi connectivity index (χ2v) is 10.5. The van der Waals surface area contributed by atoms with Gasteiger partial charge in [0.1, 0.15) is 17.4 Å². The number of carbonyl (C=O) groups is 1. The minimum Gasteiger partial charge on any atom is -0.504 e. The third kappa shape index (κ3) is 7.51. The number of carbonyl (C=O) groups excluding carboxylic acids is 1. The minimum atomic E-state index is -1.44. The Kier molecular flexibility index (Phi) is 10.6. The predicted molar refractivity (Wildman–Crippen MR) is 179 cm³/mol. The zero-order valence-corrected chi connectivity index (χ0v) is 27.5. The second-order valence-electron chi connectivity index (χ2n) is 10.5. The molecular weight excluding hydrogens is 656 g/mol. The van der Waals surface area contributed by atoms with Crippen LogP contribution in [0.25, 0.3) is 6.08 Å². The van der Waals surface area contributed by atoms with Gasteiger partial charge in [0, 0.05) is 36.4 Å².